The van der Waals surface area contributed by atoms with Gasteiger partial charge in [0, 0.05) is 11.5 Å². The lowest BCUT2D eigenvalue weighted by Crippen LogP contribution is -2.02. The molecule has 0 radical (unpaired) electrons. The molecule has 0 saturated carbocycles. The summed E-state index contributed by atoms with van der Waals surface area (Å²) in [7, 11) is 0. The third-order valence-corrected chi connectivity index (χ3v) is 2.85. The average Bonchev–Trinajstić information content (AvgIpc) is 2.81. The minimum Gasteiger partial charge on any atom is -0.362 e. The number of aryl methyl sites for hydroxylation is 1. The molecule has 0 aliphatic heterocycles. The van der Waals surface area contributed by atoms with Crippen molar-refractivity contribution in [1.82, 2.24) is 15.1 Å². The molecule has 0 amide bonds. The van der Waals surface area contributed by atoms with E-state index in [1.165, 1.54) is 0 Å². The number of rotatable bonds is 3. The maximum atomic E-state index is 5.91. The smallest absolute Gasteiger partial charge is 0.224 e. The Morgan fingerprint density at radius 2 is 2.11 bits per heavy atom. The van der Waals surface area contributed by atoms with E-state index >= 15 is 0 Å². The van der Waals surface area contributed by atoms with E-state index < -0.39 is 0 Å². The largest absolute Gasteiger partial charge is 0.362 e. The molecule has 0 atom stereocenters. The Labute approximate surface area is 114 Å². The second-order valence-corrected chi connectivity index (χ2v) is 4.48. The summed E-state index contributed by atoms with van der Waals surface area (Å²) in [5.41, 5.74) is 1.65. The normalized spacial score (nSPS) is 10.8. The van der Waals surface area contributed by atoms with Crippen LogP contribution < -0.4 is 5.32 Å². The molecule has 0 saturated heterocycles. The molecule has 3 aromatic rings. The summed E-state index contributed by atoms with van der Waals surface area (Å²) >= 11 is 5.91. The molecule has 96 valence electrons. The Balaban J connectivity index is 1.91. The Morgan fingerprint density at radius 1 is 1.26 bits per heavy atom. The molecule has 0 aliphatic rings. The van der Waals surface area contributed by atoms with Gasteiger partial charge in [0.15, 0.2) is 5.76 Å². The molecule has 5 nitrogen and oxygen atoms in total. The standard InChI is InChI=1S/C13H11ClN4O/c1-8-6-9(19-18-8)7-15-12-10-4-2-3-5-11(10)16-13(14)17-12/h2-6H,7H2,1H3,(H,15,16,17). The highest BCUT2D eigenvalue weighted by molar-refractivity contribution is 6.28. The number of para-hydroxylation sites is 1. The van der Waals surface area contributed by atoms with Crippen molar-refractivity contribution >= 4 is 28.3 Å². The average molecular weight is 275 g/mol. The molecule has 2 heterocycles. The van der Waals surface area contributed by atoms with Gasteiger partial charge in [-0.15, -0.1) is 0 Å². The highest BCUT2D eigenvalue weighted by Crippen LogP contribution is 2.22. The molecule has 0 fully saturated rings. The zero-order chi connectivity index (χ0) is 13.2. The molecular formula is C13H11ClN4O. The van der Waals surface area contributed by atoms with Crippen molar-refractivity contribution in [1.29, 1.82) is 0 Å². The first-order valence-electron chi connectivity index (χ1n) is 5.81. The number of halogens is 1. The van der Waals surface area contributed by atoms with E-state index in [4.69, 9.17) is 16.1 Å². The van der Waals surface area contributed by atoms with E-state index in [9.17, 15) is 0 Å². The van der Waals surface area contributed by atoms with Gasteiger partial charge in [-0.2, -0.15) is 0 Å². The van der Waals surface area contributed by atoms with Crippen LogP contribution in [0.4, 0.5) is 5.82 Å². The van der Waals surface area contributed by atoms with Crippen molar-refractivity contribution < 1.29 is 4.52 Å². The minimum atomic E-state index is 0.218. The van der Waals surface area contributed by atoms with Crippen molar-refractivity contribution in [3.05, 3.63) is 47.1 Å². The fraction of sp³-hybridized carbons (Fsp3) is 0.154. The van der Waals surface area contributed by atoms with Crippen LogP contribution in [0, 0.1) is 6.92 Å². The summed E-state index contributed by atoms with van der Waals surface area (Å²) in [5.74, 6) is 1.43. The third kappa shape index (κ3) is 2.51. The number of hydrogen-bond acceptors (Lipinski definition) is 5. The Kier molecular flexibility index (Phi) is 3.05. The summed E-state index contributed by atoms with van der Waals surface area (Å²) in [4.78, 5) is 8.38. The molecule has 2 aromatic heterocycles. The van der Waals surface area contributed by atoms with Crippen molar-refractivity contribution in [3.8, 4) is 0 Å². The second-order valence-electron chi connectivity index (χ2n) is 4.15. The van der Waals surface area contributed by atoms with E-state index in [0.717, 1.165) is 22.4 Å². The van der Waals surface area contributed by atoms with Gasteiger partial charge in [0.25, 0.3) is 0 Å². The van der Waals surface area contributed by atoms with Gasteiger partial charge in [0.05, 0.1) is 17.8 Å². The highest BCUT2D eigenvalue weighted by atomic mass is 35.5. The number of hydrogen-bond donors (Lipinski definition) is 1. The number of anilines is 1. The first kappa shape index (κ1) is 11.9. The second kappa shape index (κ2) is 4.85. The molecule has 19 heavy (non-hydrogen) atoms. The van der Waals surface area contributed by atoms with Crippen LogP contribution in [0.1, 0.15) is 11.5 Å². The van der Waals surface area contributed by atoms with Gasteiger partial charge in [-0.05, 0) is 30.7 Å². The molecule has 0 spiro atoms. The summed E-state index contributed by atoms with van der Waals surface area (Å²) in [5, 5.41) is 8.16. The highest BCUT2D eigenvalue weighted by Gasteiger charge is 2.07. The molecular weight excluding hydrogens is 264 g/mol. The van der Waals surface area contributed by atoms with E-state index in [-0.39, 0.29) is 5.28 Å². The van der Waals surface area contributed by atoms with Gasteiger partial charge in [-0.3, -0.25) is 0 Å². The molecule has 1 aromatic carbocycles. The van der Waals surface area contributed by atoms with Crippen molar-refractivity contribution in [2.24, 2.45) is 0 Å². The van der Waals surface area contributed by atoms with E-state index in [0.29, 0.717) is 12.4 Å². The van der Waals surface area contributed by atoms with Gasteiger partial charge in [-0.25, -0.2) is 9.97 Å². The summed E-state index contributed by atoms with van der Waals surface area (Å²) in [6, 6.07) is 9.56. The van der Waals surface area contributed by atoms with E-state index in [2.05, 4.69) is 20.4 Å². The minimum absolute atomic E-state index is 0.218. The number of fused-ring (bicyclic) bond motifs is 1. The Bertz CT molecular complexity index is 725. The lowest BCUT2D eigenvalue weighted by molar-refractivity contribution is 0.384. The van der Waals surface area contributed by atoms with Gasteiger partial charge >= 0.3 is 0 Å². The monoisotopic (exact) mass is 274 g/mol. The number of nitrogens with zero attached hydrogens (tertiary/aromatic N) is 3. The Morgan fingerprint density at radius 3 is 2.89 bits per heavy atom. The first-order valence-corrected chi connectivity index (χ1v) is 6.18. The molecule has 1 N–H and O–H groups in total. The maximum Gasteiger partial charge on any atom is 0.224 e. The zero-order valence-electron chi connectivity index (χ0n) is 10.2. The summed E-state index contributed by atoms with van der Waals surface area (Å²) in [6.45, 7) is 2.38. The Hall–Kier alpha value is -2.14. The summed E-state index contributed by atoms with van der Waals surface area (Å²) in [6.07, 6.45) is 0. The van der Waals surface area contributed by atoms with Crippen LogP contribution in [-0.4, -0.2) is 15.1 Å². The van der Waals surface area contributed by atoms with Crippen LogP contribution in [0.2, 0.25) is 5.28 Å². The number of benzene rings is 1. The van der Waals surface area contributed by atoms with Crippen LogP contribution in [-0.2, 0) is 6.54 Å². The lowest BCUT2D eigenvalue weighted by atomic mass is 10.2. The molecule has 6 heteroatoms. The van der Waals surface area contributed by atoms with Gasteiger partial charge in [0.2, 0.25) is 5.28 Å². The van der Waals surface area contributed by atoms with E-state index in [1.54, 1.807) is 0 Å². The predicted molar refractivity (Wildman–Crippen MR) is 73.1 cm³/mol. The van der Waals surface area contributed by atoms with Crippen LogP contribution in [0.15, 0.2) is 34.9 Å². The maximum absolute atomic E-state index is 5.91. The van der Waals surface area contributed by atoms with Gasteiger partial charge in [-0.1, -0.05) is 17.3 Å². The predicted octanol–water partition coefficient (Wildman–Crippen LogP) is 3.19. The zero-order valence-corrected chi connectivity index (χ0v) is 11.0. The fourth-order valence-corrected chi connectivity index (χ4v) is 2.03. The van der Waals surface area contributed by atoms with E-state index in [1.807, 2.05) is 37.3 Å². The number of aromatic nitrogens is 3. The quantitative estimate of drug-likeness (QED) is 0.743. The van der Waals surface area contributed by atoms with Crippen molar-refractivity contribution in [2.45, 2.75) is 13.5 Å². The molecule has 0 aliphatic carbocycles. The van der Waals surface area contributed by atoms with Gasteiger partial charge < -0.3 is 9.84 Å². The summed E-state index contributed by atoms with van der Waals surface area (Å²) < 4.78 is 5.14. The molecule has 3 rings (SSSR count). The fourth-order valence-electron chi connectivity index (χ4n) is 1.85. The number of nitrogens with one attached hydrogen (secondary N) is 1. The van der Waals surface area contributed by atoms with Crippen LogP contribution in [0.3, 0.4) is 0 Å². The SMILES string of the molecule is Cc1cc(CNc2nc(Cl)nc3ccccc23)on1. The van der Waals surface area contributed by atoms with Crippen LogP contribution >= 0.6 is 11.6 Å². The molecule has 0 unspecified atom stereocenters. The van der Waals surface area contributed by atoms with Crippen LogP contribution in [0.25, 0.3) is 10.9 Å². The van der Waals surface area contributed by atoms with Crippen molar-refractivity contribution in [2.75, 3.05) is 5.32 Å². The molecule has 0 bridgehead atoms. The first-order chi connectivity index (χ1) is 9.22. The topological polar surface area (TPSA) is 63.8 Å². The third-order valence-electron chi connectivity index (χ3n) is 2.68. The van der Waals surface area contributed by atoms with Crippen molar-refractivity contribution in [3.63, 3.8) is 0 Å². The van der Waals surface area contributed by atoms with Crippen LogP contribution in [0.5, 0.6) is 0 Å². The van der Waals surface area contributed by atoms with Gasteiger partial charge in [0.1, 0.15) is 5.82 Å². The lowest BCUT2D eigenvalue weighted by Gasteiger charge is -2.07.